The van der Waals surface area contributed by atoms with Gasteiger partial charge in [-0.05, 0) is 62.9 Å². The van der Waals surface area contributed by atoms with Crippen LogP contribution in [0.1, 0.15) is 41.1 Å². The quantitative estimate of drug-likeness (QED) is 0.527. The van der Waals surface area contributed by atoms with Crippen molar-refractivity contribution < 1.29 is 14.3 Å². The van der Waals surface area contributed by atoms with E-state index in [1.807, 2.05) is 19.1 Å². The molecular weight excluding hydrogens is 390 g/mol. The second kappa shape index (κ2) is 8.46. The van der Waals surface area contributed by atoms with E-state index in [-0.39, 0.29) is 17.1 Å². The number of carbonyl (C=O) groups excluding carboxylic acids is 2. The Hall–Kier alpha value is -1.50. The Morgan fingerprint density at radius 3 is 2.73 bits per heavy atom. The molecule has 0 radical (unpaired) electrons. The molecule has 1 amide bonds. The highest BCUT2D eigenvalue weighted by Crippen LogP contribution is 2.40. The molecule has 0 fully saturated rings. The number of thioether (sulfide) groups is 1. The van der Waals surface area contributed by atoms with Crippen LogP contribution in [0.4, 0.5) is 5.00 Å². The zero-order valence-electron chi connectivity index (χ0n) is 14.6. The zero-order valence-corrected chi connectivity index (χ0v) is 17.0. The van der Waals surface area contributed by atoms with E-state index in [2.05, 4.69) is 5.32 Å². The summed E-state index contributed by atoms with van der Waals surface area (Å²) in [6.45, 7) is 3.95. The summed E-state index contributed by atoms with van der Waals surface area (Å²) < 4.78 is 5.20. The number of nitrogens with one attached hydrogen (secondary N) is 1. The van der Waals surface area contributed by atoms with Crippen molar-refractivity contribution in [1.82, 2.24) is 0 Å². The average molecular weight is 410 g/mol. The molecule has 0 spiro atoms. The lowest BCUT2D eigenvalue weighted by Crippen LogP contribution is -2.23. The van der Waals surface area contributed by atoms with Crippen LogP contribution in [-0.2, 0) is 22.4 Å². The lowest BCUT2D eigenvalue weighted by molar-refractivity contribution is -0.115. The minimum atomic E-state index is -0.347. The van der Waals surface area contributed by atoms with Crippen molar-refractivity contribution in [3.63, 3.8) is 0 Å². The van der Waals surface area contributed by atoms with Crippen molar-refractivity contribution >= 4 is 51.6 Å². The van der Waals surface area contributed by atoms with Crippen molar-refractivity contribution in [3.05, 3.63) is 45.3 Å². The van der Waals surface area contributed by atoms with Crippen LogP contribution in [0, 0.1) is 0 Å². The average Bonchev–Trinajstić information content (AvgIpc) is 3.17. The lowest BCUT2D eigenvalue weighted by Gasteiger charge is -2.13. The van der Waals surface area contributed by atoms with Gasteiger partial charge >= 0.3 is 5.97 Å². The number of hydrogen-bond acceptors (Lipinski definition) is 5. The Morgan fingerprint density at radius 1 is 1.31 bits per heavy atom. The molecule has 1 aliphatic rings. The topological polar surface area (TPSA) is 55.4 Å². The number of hydrogen-bond donors (Lipinski definition) is 1. The van der Waals surface area contributed by atoms with Gasteiger partial charge in [-0.25, -0.2) is 4.79 Å². The summed E-state index contributed by atoms with van der Waals surface area (Å²) in [5, 5.41) is 3.92. The molecule has 0 aliphatic heterocycles. The molecule has 0 bridgehead atoms. The third kappa shape index (κ3) is 4.24. The van der Waals surface area contributed by atoms with Gasteiger partial charge < -0.3 is 10.1 Å². The van der Waals surface area contributed by atoms with Crippen LogP contribution < -0.4 is 5.32 Å². The molecule has 3 rings (SSSR count). The van der Waals surface area contributed by atoms with Crippen molar-refractivity contribution in [1.29, 1.82) is 0 Å². The molecular formula is C19H20ClNO3S2. The molecule has 26 heavy (non-hydrogen) atoms. The first-order valence-corrected chi connectivity index (χ1v) is 10.6. The highest BCUT2D eigenvalue weighted by Gasteiger charge is 2.29. The highest BCUT2D eigenvalue weighted by atomic mass is 35.5. The predicted molar refractivity (Wildman–Crippen MR) is 108 cm³/mol. The third-order valence-electron chi connectivity index (χ3n) is 4.13. The van der Waals surface area contributed by atoms with Crippen molar-refractivity contribution in [3.8, 4) is 0 Å². The van der Waals surface area contributed by atoms with Crippen LogP contribution in [0.2, 0.25) is 5.02 Å². The van der Waals surface area contributed by atoms with Crippen LogP contribution in [0.3, 0.4) is 0 Å². The minimum Gasteiger partial charge on any atom is -0.462 e. The number of esters is 1. The maximum atomic E-state index is 12.6. The fourth-order valence-electron chi connectivity index (χ4n) is 2.90. The molecule has 1 aromatic heterocycles. The van der Waals surface area contributed by atoms with Gasteiger partial charge in [0.05, 0.1) is 17.4 Å². The molecule has 2 aromatic rings. The van der Waals surface area contributed by atoms with Gasteiger partial charge in [0.1, 0.15) is 5.00 Å². The van der Waals surface area contributed by atoms with Gasteiger partial charge in [-0.3, -0.25) is 4.79 Å². The second-order valence-electron chi connectivity index (χ2n) is 5.99. The normalized spacial score (nSPS) is 14.0. The third-order valence-corrected chi connectivity index (χ3v) is 6.70. The Labute approximate surface area is 166 Å². The number of benzene rings is 1. The predicted octanol–water partition coefficient (Wildman–Crippen LogP) is 5.19. The van der Waals surface area contributed by atoms with Crippen LogP contribution in [0.15, 0.2) is 29.2 Å². The molecule has 0 unspecified atom stereocenters. The maximum Gasteiger partial charge on any atom is 0.341 e. The van der Waals surface area contributed by atoms with E-state index in [9.17, 15) is 9.59 Å². The summed E-state index contributed by atoms with van der Waals surface area (Å²) in [4.78, 5) is 27.2. The van der Waals surface area contributed by atoms with Crippen molar-refractivity contribution in [2.24, 2.45) is 0 Å². The number of anilines is 1. The molecule has 1 aromatic carbocycles. The number of rotatable bonds is 6. The van der Waals surface area contributed by atoms with E-state index in [0.29, 0.717) is 22.2 Å². The summed E-state index contributed by atoms with van der Waals surface area (Å²) in [5.41, 5.74) is 1.59. The van der Waals surface area contributed by atoms with Crippen molar-refractivity contribution in [2.45, 2.75) is 43.3 Å². The molecule has 1 N–H and O–H groups in total. The summed E-state index contributed by atoms with van der Waals surface area (Å²) in [6.07, 6.45) is 2.87. The summed E-state index contributed by atoms with van der Waals surface area (Å²) in [5.74, 6) is -0.476. The largest absolute Gasteiger partial charge is 0.462 e. The second-order valence-corrected chi connectivity index (χ2v) is 8.94. The molecule has 1 atom stereocenters. The van der Waals surface area contributed by atoms with E-state index in [0.717, 1.165) is 29.7 Å². The first kappa shape index (κ1) is 19.3. The van der Waals surface area contributed by atoms with E-state index in [1.165, 1.54) is 28.0 Å². The summed E-state index contributed by atoms with van der Waals surface area (Å²) in [6, 6.07) is 7.38. The Morgan fingerprint density at radius 2 is 2.04 bits per heavy atom. The SMILES string of the molecule is CCOC(=O)c1c(NC(=O)[C@@H](C)Sc2ccc(Cl)cc2)sc2c1CCC2. The molecule has 1 heterocycles. The first-order valence-electron chi connectivity index (χ1n) is 8.54. The van der Waals surface area contributed by atoms with E-state index in [1.54, 1.807) is 19.1 Å². The van der Waals surface area contributed by atoms with Gasteiger partial charge in [0, 0.05) is 14.8 Å². The Kier molecular flexibility index (Phi) is 6.27. The van der Waals surface area contributed by atoms with E-state index >= 15 is 0 Å². The number of amides is 1. The van der Waals surface area contributed by atoms with Gasteiger partial charge in [-0.15, -0.1) is 23.1 Å². The maximum absolute atomic E-state index is 12.6. The molecule has 0 saturated carbocycles. The molecule has 0 saturated heterocycles. The van der Waals surface area contributed by atoms with Gasteiger partial charge in [0.25, 0.3) is 0 Å². The zero-order chi connectivity index (χ0) is 18.7. The number of ether oxygens (including phenoxy) is 1. The van der Waals surface area contributed by atoms with Crippen LogP contribution in [0.5, 0.6) is 0 Å². The monoisotopic (exact) mass is 409 g/mol. The lowest BCUT2D eigenvalue weighted by atomic mass is 10.1. The number of carbonyl (C=O) groups is 2. The number of halogens is 1. The summed E-state index contributed by atoms with van der Waals surface area (Å²) >= 11 is 8.85. The minimum absolute atomic E-state index is 0.129. The number of thiophene rings is 1. The fourth-order valence-corrected chi connectivity index (χ4v) is 5.17. The van der Waals surface area contributed by atoms with Crippen molar-refractivity contribution in [2.75, 3.05) is 11.9 Å². The highest BCUT2D eigenvalue weighted by molar-refractivity contribution is 8.00. The molecule has 138 valence electrons. The van der Waals surface area contributed by atoms with Gasteiger partial charge in [0.15, 0.2) is 0 Å². The van der Waals surface area contributed by atoms with E-state index in [4.69, 9.17) is 16.3 Å². The molecule has 1 aliphatic carbocycles. The smallest absolute Gasteiger partial charge is 0.341 e. The van der Waals surface area contributed by atoms with E-state index < -0.39 is 0 Å². The Bertz CT molecular complexity index is 817. The van der Waals surface area contributed by atoms with Gasteiger partial charge in [0.2, 0.25) is 5.91 Å². The van der Waals surface area contributed by atoms with Crippen LogP contribution in [0.25, 0.3) is 0 Å². The fraction of sp³-hybridized carbons (Fsp3) is 0.368. The van der Waals surface area contributed by atoms with Gasteiger partial charge in [-0.1, -0.05) is 11.6 Å². The number of fused-ring (bicyclic) bond motifs is 1. The molecule has 7 heteroatoms. The summed E-state index contributed by atoms with van der Waals surface area (Å²) in [7, 11) is 0. The first-order chi connectivity index (χ1) is 12.5. The number of aryl methyl sites for hydroxylation is 1. The van der Waals surface area contributed by atoms with Crippen LogP contribution >= 0.6 is 34.7 Å². The Balaban J connectivity index is 1.74. The standard InChI is InChI=1S/C19H20ClNO3S2/c1-3-24-19(23)16-14-5-4-6-15(14)26-18(16)21-17(22)11(2)25-13-9-7-12(20)8-10-13/h7-11H,3-6H2,1-2H3,(H,21,22)/t11-/m1/s1. The van der Waals surface area contributed by atoms with Gasteiger partial charge in [-0.2, -0.15) is 0 Å². The molecule has 4 nitrogen and oxygen atoms in total. The van der Waals surface area contributed by atoms with Crippen LogP contribution in [-0.4, -0.2) is 23.7 Å².